The SMILES string of the molecule is CCCC1CCN(C(=N)N)C1. The van der Waals surface area contributed by atoms with E-state index in [-0.39, 0.29) is 5.96 Å². The summed E-state index contributed by atoms with van der Waals surface area (Å²) in [6.45, 7) is 4.19. The first-order valence-corrected chi connectivity index (χ1v) is 4.33. The first kappa shape index (κ1) is 8.37. The van der Waals surface area contributed by atoms with Crippen molar-refractivity contribution in [2.45, 2.75) is 26.2 Å². The average molecular weight is 155 g/mol. The molecule has 1 aliphatic rings. The van der Waals surface area contributed by atoms with Crippen LogP contribution in [0.4, 0.5) is 0 Å². The molecule has 0 aliphatic carbocycles. The normalized spacial score (nSPS) is 24.1. The summed E-state index contributed by atoms with van der Waals surface area (Å²) in [6.07, 6.45) is 3.74. The number of likely N-dealkylation sites (tertiary alicyclic amines) is 1. The maximum absolute atomic E-state index is 7.22. The lowest BCUT2D eigenvalue weighted by molar-refractivity contribution is 0.453. The van der Waals surface area contributed by atoms with Crippen LogP contribution in [0.3, 0.4) is 0 Å². The summed E-state index contributed by atoms with van der Waals surface area (Å²) < 4.78 is 0. The Morgan fingerprint density at radius 3 is 2.91 bits per heavy atom. The van der Waals surface area contributed by atoms with Crippen LogP contribution in [0.2, 0.25) is 0 Å². The highest BCUT2D eigenvalue weighted by molar-refractivity contribution is 5.74. The second-order valence-corrected chi connectivity index (χ2v) is 3.27. The zero-order valence-corrected chi connectivity index (χ0v) is 7.14. The molecule has 1 rings (SSSR count). The van der Waals surface area contributed by atoms with Gasteiger partial charge in [-0.1, -0.05) is 13.3 Å². The number of nitrogens with zero attached hydrogens (tertiary/aromatic N) is 1. The highest BCUT2D eigenvalue weighted by Crippen LogP contribution is 2.19. The van der Waals surface area contributed by atoms with E-state index in [4.69, 9.17) is 11.1 Å². The summed E-state index contributed by atoms with van der Waals surface area (Å²) >= 11 is 0. The van der Waals surface area contributed by atoms with Gasteiger partial charge in [0.1, 0.15) is 0 Å². The van der Waals surface area contributed by atoms with Gasteiger partial charge < -0.3 is 10.6 Å². The van der Waals surface area contributed by atoms with E-state index in [1.807, 2.05) is 4.90 Å². The van der Waals surface area contributed by atoms with Crippen molar-refractivity contribution in [3.05, 3.63) is 0 Å². The van der Waals surface area contributed by atoms with Crippen LogP contribution < -0.4 is 5.73 Å². The fourth-order valence-electron chi connectivity index (χ4n) is 1.70. The minimum absolute atomic E-state index is 0.239. The first-order valence-electron chi connectivity index (χ1n) is 4.33. The Bertz CT molecular complexity index is 144. The Labute approximate surface area is 68.1 Å². The Kier molecular flexibility index (Phi) is 2.74. The topological polar surface area (TPSA) is 53.1 Å². The molecule has 64 valence electrons. The third-order valence-corrected chi connectivity index (χ3v) is 2.32. The zero-order valence-electron chi connectivity index (χ0n) is 7.14. The number of nitrogens with one attached hydrogen (secondary N) is 1. The fourth-order valence-corrected chi connectivity index (χ4v) is 1.70. The average Bonchev–Trinajstić information content (AvgIpc) is 2.37. The van der Waals surface area contributed by atoms with Gasteiger partial charge in [-0.3, -0.25) is 5.41 Å². The number of rotatable bonds is 2. The van der Waals surface area contributed by atoms with E-state index in [1.54, 1.807) is 0 Å². The van der Waals surface area contributed by atoms with Crippen LogP contribution in [0.15, 0.2) is 0 Å². The van der Waals surface area contributed by atoms with Gasteiger partial charge in [-0.05, 0) is 18.8 Å². The molecular weight excluding hydrogens is 138 g/mol. The summed E-state index contributed by atoms with van der Waals surface area (Å²) in [7, 11) is 0. The minimum atomic E-state index is 0.239. The maximum Gasteiger partial charge on any atom is 0.188 e. The van der Waals surface area contributed by atoms with Crippen molar-refractivity contribution in [1.82, 2.24) is 4.90 Å². The van der Waals surface area contributed by atoms with Crippen molar-refractivity contribution in [2.75, 3.05) is 13.1 Å². The van der Waals surface area contributed by atoms with Gasteiger partial charge >= 0.3 is 0 Å². The van der Waals surface area contributed by atoms with Crippen molar-refractivity contribution in [2.24, 2.45) is 11.7 Å². The molecule has 1 saturated heterocycles. The molecule has 0 aromatic heterocycles. The van der Waals surface area contributed by atoms with Gasteiger partial charge in [0, 0.05) is 13.1 Å². The Morgan fingerprint density at radius 1 is 1.73 bits per heavy atom. The molecule has 1 atom stereocenters. The van der Waals surface area contributed by atoms with Crippen molar-refractivity contribution in [3.63, 3.8) is 0 Å². The van der Waals surface area contributed by atoms with Crippen molar-refractivity contribution in [3.8, 4) is 0 Å². The lowest BCUT2D eigenvalue weighted by Gasteiger charge is -2.14. The summed E-state index contributed by atoms with van der Waals surface area (Å²) in [5.74, 6) is 1.02. The molecule has 3 N–H and O–H groups in total. The molecule has 0 amide bonds. The minimum Gasteiger partial charge on any atom is -0.370 e. The van der Waals surface area contributed by atoms with E-state index in [9.17, 15) is 0 Å². The molecule has 0 aromatic rings. The third kappa shape index (κ3) is 2.10. The molecule has 0 spiro atoms. The third-order valence-electron chi connectivity index (χ3n) is 2.32. The largest absolute Gasteiger partial charge is 0.370 e. The van der Waals surface area contributed by atoms with E-state index in [1.165, 1.54) is 19.3 Å². The molecule has 3 nitrogen and oxygen atoms in total. The Hall–Kier alpha value is -0.730. The van der Waals surface area contributed by atoms with Gasteiger partial charge in [0.05, 0.1) is 0 Å². The number of hydrogen-bond acceptors (Lipinski definition) is 1. The molecule has 3 heteroatoms. The van der Waals surface area contributed by atoms with Gasteiger partial charge in [0.2, 0.25) is 0 Å². The molecule has 11 heavy (non-hydrogen) atoms. The van der Waals surface area contributed by atoms with Crippen LogP contribution in [-0.2, 0) is 0 Å². The van der Waals surface area contributed by atoms with Gasteiger partial charge in [-0.25, -0.2) is 0 Å². The van der Waals surface area contributed by atoms with Crippen molar-refractivity contribution in [1.29, 1.82) is 5.41 Å². The predicted molar refractivity (Wildman–Crippen MR) is 46.5 cm³/mol. The second kappa shape index (κ2) is 3.60. The van der Waals surface area contributed by atoms with Gasteiger partial charge in [0.25, 0.3) is 0 Å². The van der Waals surface area contributed by atoms with E-state index in [2.05, 4.69) is 6.92 Å². The van der Waals surface area contributed by atoms with Crippen molar-refractivity contribution >= 4 is 5.96 Å². The summed E-state index contributed by atoms with van der Waals surface area (Å²) in [4.78, 5) is 1.96. The molecule has 1 aliphatic heterocycles. The van der Waals surface area contributed by atoms with Crippen LogP contribution in [0.5, 0.6) is 0 Å². The van der Waals surface area contributed by atoms with Gasteiger partial charge in [-0.15, -0.1) is 0 Å². The van der Waals surface area contributed by atoms with E-state index >= 15 is 0 Å². The molecule has 1 heterocycles. The fraction of sp³-hybridized carbons (Fsp3) is 0.875. The lowest BCUT2D eigenvalue weighted by atomic mass is 10.0. The van der Waals surface area contributed by atoms with Crippen LogP contribution in [0.25, 0.3) is 0 Å². The molecule has 1 fully saturated rings. The summed E-state index contributed by atoms with van der Waals surface area (Å²) in [5.41, 5.74) is 5.37. The van der Waals surface area contributed by atoms with E-state index in [0.717, 1.165) is 19.0 Å². The molecule has 0 bridgehead atoms. The van der Waals surface area contributed by atoms with Crippen LogP contribution in [-0.4, -0.2) is 23.9 Å². The Morgan fingerprint density at radius 2 is 2.45 bits per heavy atom. The molecule has 0 saturated carbocycles. The van der Waals surface area contributed by atoms with Crippen LogP contribution in [0, 0.1) is 11.3 Å². The quantitative estimate of drug-likeness (QED) is 0.462. The second-order valence-electron chi connectivity index (χ2n) is 3.27. The highest BCUT2D eigenvalue weighted by atomic mass is 15.2. The maximum atomic E-state index is 7.22. The number of nitrogens with two attached hydrogens (primary N) is 1. The van der Waals surface area contributed by atoms with Crippen LogP contribution >= 0.6 is 0 Å². The molecule has 1 unspecified atom stereocenters. The molecule has 0 aromatic carbocycles. The van der Waals surface area contributed by atoms with Crippen molar-refractivity contribution < 1.29 is 0 Å². The summed E-state index contributed by atoms with van der Waals surface area (Å²) in [6, 6.07) is 0. The predicted octanol–water partition coefficient (Wildman–Crippen LogP) is 1.00. The number of hydrogen-bond donors (Lipinski definition) is 2. The van der Waals surface area contributed by atoms with Gasteiger partial charge in [-0.2, -0.15) is 0 Å². The van der Waals surface area contributed by atoms with E-state index < -0.39 is 0 Å². The molecule has 0 radical (unpaired) electrons. The monoisotopic (exact) mass is 155 g/mol. The first-order chi connectivity index (χ1) is 5.24. The van der Waals surface area contributed by atoms with E-state index in [0.29, 0.717) is 0 Å². The standard InChI is InChI=1S/C8H17N3/c1-2-3-7-4-5-11(6-7)8(9)10/h7H,2-6H2,1H3,(H3,9,10). The van der Waals surface area contributed by atoms with Gasteiger partial charge in [0.15, 0.2) is 5.96 Å². The Balaban J connectivity index is 2.29. The van der Waals surface area contributed by atoms with Crippen LogP contribution in [0.1, 0.15) is 26.2 Å². The number of guanidine groups is 1. The molecular formula is C8H17N3. The lowest BCUT2D eigenvalue weighted by Crippen LogP contribution is -2.34. The summed E-state index contributed by atoms with van der Waals surface area (Å²) in [5, 5.41) is 7.22. The highest BCUT2D eigenvalue weighted by Gasteiger charge is 2.21. The zero-order chi connectivity index (χ0) is 8.27. The smallest absolute Gasteiger partial charge is 0.188 e.